The van der Waals surface area contributed by atoms with Crippen LogP contribution in [0.2, 0.25) is 0 Å². The Kier molecular flexibility index (Phi) is 5.62. The highest BCUT2D eigenvalue weighted by atomic mass is 79.9. The van der Waals surface area contributed by atoms with Crippen LogP contribution in [0, 0.1) is 11.8 Å². The molecule has 28 heavy (non-hydrogen) atoms. The quantitative estimate of drug-likeness (QED) is 0.515. The fourth-order valence-electron chi connectivity index (χ4n) is 4.58. The van der Waals surface area contributed by atoms with Crippen molar-refractivity contribution in [3.8, 4) is 0 Å². The average Bonchev–Trinajstić information content (AvgIpc) is 3.19. The smallest absolute Gasteiger partial charge is 0.410 e. The molecule has 1 aromatic rings. The van der Waals surface area contributed by atoms with Gasteiger partial charge in [-0.2, -0.15) is 0 Å². The summed E-state index contributed by atoms with van der Waals surface area (Å²) in [5.74, 6) is -0.523. The van der Waals surface area contributed by atoms with E-state index < -0.39 is 22.6 Å². The van der Waals surface area contributed by atoms with E-state index in [9.17, 15) is 9.59 Å². The molecular weight excluding hydrogens is 430 g/mol. The Labute approximate surface area is 172 Å². The van der Waals surface area contributed by atoms with E-state index in [1.807, 2.05) is 30.3 Å². The van der Waals surface area contributed by atoms with Crippen LogP contribution >= 0.6 is 15.9 Å². The van der Waals surface area contributed by atoms with Crippen LogP contribution in [0.5, 0.6) is 0 Å². The second-order valence-corrected chi connectivity index (χ2v) is 8.69. The maximum atomic E-state index is 12.8. The van der Waals surface area contributed by atoms with Gasteiger partial charge in [-0.15, -0.1) is 0 Å². The Balaban J connectivity index is 1.51. The van der Waals surface area contributed by atoms with Crippen molar-refractivity contribution in [2.75, 3.05) is 26.4 Å². The largest absolute Gasteiger partial charge is 0.464 e. The van der Waals surface area contributed by atoms with Crippen LogP contribution in [0.25, 0.3) is 0 Å². The maximum absolute atomic E-state index is 12.8. The molecule has 3 aliphatic rings. The Hall–Kier alpha value is -1.64. The van der Waals surface area contributed by atoms with Gasteiger partial charge in [0.2, 0.25) is 0 Å². The summed E-state index contributed by atoms with van der Waals surface area (Å²) in [5, 5.41) is 0. The third kappa shape index (κ3) is 3.53. The molecule has 2 aliphatic heterocycles. The maximum Gasteiger partial charge on any atom is 0.410 e. The van der Waals surface area contributed by atoms with Crippen molar-refractivity contribution < 1.29 is 28.5 Å². The van der Waals surface area contributed by atoms with Crippen LogP contribution < -0.4 is 0 Å². The van der Waals surface area contributed by atoms with E-state index in [4.69, 9.17) is 18.9 Å². The third-order valence-electron chi connectivity index (χ3n) is 5.72. The summed E-state index contributed by atoms with van der Waals surface area (Å²) in [5.41, 5.74) is 0.895. The van der Waals surface area contributed by atoms with Gasteiger partial charge in [-0.3, -0.25) is 4.90 Å². The summed E-state index contributed by atoms with van der Waals surface area (Å²) in [6, 6.07) is 8.77. The minimum Gasteiger partial charge on any atom is -0.464 e. The van der Waals surface area contributed by atoms with E-state index in [-0.39, 0.29) is 31.2 Å². The number of hydrogen-bond acceptors (Lipinski definition) is 6. The molecule has 1 saturated carbocycles. The molecule has 3 fully saturated rings. The number of likely N-dealkylation sites (tertiary alicyclic amines) is 1. The summed E-state index contributed by atoms with van der Waals surface area (Å²) in [4.78, 5) is 27.0. The molecule has 0 spiro atoms. The van der Waals surface area contributed by atoms with Gasteiger partial charge in [0.1, 0.15) is 23.3 Å². The topological polar surface area (TPSA) is 74.3 Å². The first-order chi connectivity index (χ1) is 13.5. The molecule has 5 atom stereocenters. The van der Waals surface area contributed by atoms with Crippen LogP contribution in [0.15, 0.2) is 30.3 Å². The summed E-state index contributed by atoms with van der Waals surface area (Å²) in [6.07, 6.45) is -0.142. The Bertz CT molecular complexity index is 731. The minimum absolute atomic E-state index is 0.0154. The molecule has 152 valence electrons. The summed E-state index contributed by atoms with van der Waals surface area (Å²) < 4.78 is 22.0. The van der Waals surface area contributed by atoms with Gasteiger partial charge in [0.25, 0.3) is 0 Å². The van der Waals surface area contributed by atoms with Gasteiger partial charge in [0, 0.05) is 18.4 Å². The second kappa shape index (κ2) is 8.00. The molecule has 1 aromatic carbocycles. The third-order valence-corrected chi connectivity index (χ3v) is 6.72. The van der Waals surface area contributed by atoms with Crippen molar-refractivity contribution in [3.63, 3.8) is 0 Å². The molecule has 1 aliphatic carbocycles. The number of benzene rings is 1. The first kappa shape index (κ1) is 19.7. The zero-order valence-corrected chi connectivity index (χ0v) is 17.3. The normalized spacial score (nSPS) is 33.9. The van der Waals surface area contributed by atoms with Gasteiger partial charge in [-0.05, 0) is 18.9 Å². The van der Waals surface area contributed by atoms with E-state index in [0.717, 1.165) is 5.56 Å². The van der Waals surface area contributed by atoms with Gasteiger partial charge >= 0.3 is 12.1 Å². The average molecular weight is 454 g/mol. The van der Waals surface area contributed by atoms with Crippen molar-refractivity contribution in [3.05, 3.63) is 35.9 Å². The predicted molar refractivity (Wildman–Crippen MR) is 103 cm³/mol. The van der Waals surface area contributed by atoms with Gasteiger partial charge in [0.05, 0.1) is 19.8 Å². The molecular formula is C20H24BrNO6. The van der Waals surface area contributed by atoms with Crippen molar-refractivity contribution >= 4 is 28.0 Å². The van der Waals surface area contributed by atoms with Crippen molar-refractivity contribution in [2.45, 2.75) is 36.6 Å². The molecule has 1 amide bonds. The Morgan fingerprint density at radius 3 is 2.75 bits per heavy atom. The first-order valence-electron chi connectivity index (χ1n) is 9.62. The number of alkyl halides is 1. The van der Waals surface area contributed by atoms with Gasteiger partial charge in [0.15, 0.2) is 0 Å². The van der Waals surface area contributed by atoms with Crippen LogP contribution in [0.1, 0.15) is 18.9 Å². The lowest BCUT2D eigenvalue weighted by Crippen LogP contribution is -2.49. The zero-order valence-electron chi connectivity index (χ0n) is 15.7. The van der Waals surface area contributed by atoms with Gasteiger partial charge in [-0.1, -0.05) is 46.3 Å². The highest BCUT2D eigenvalue weighted by molar-refractivity contribution is 9.10. The molecule has 0 radical (unpaired) electrons. The number of hydrogen-bond donors (Lipinski definition) is 0. The SMILES string of the molecule is CCOC(=O)C1C2CC3(Br)OCCOC3C2CN1C(=O)OCc1ccccc1. The lowest BCUT2D eigenvalue weighted by atomic mass is 9.93. The Morgan fingerprint density at radius 2 is 2.00 bits per heavy atom. The first-order valence-corrected chi connectivity index (χ1v) is 10.4. The molecule has 2 heterocycles. The number of carbonyl (C=O) groups excluding carboxylic acids is 2. The monoisotopic (exact) mass is 453 g/mol. The lowest BCUT2D eigenvalue weighted by Gasteiger charge is -2.37. The highest BCUT2D eigenvalue weighted by Crippen LogP contribution is 2.54. The molecule has 5 unspecified atom stereocenters. The standard InChI is InChI=1S/C20H24BrNO6/c1-2-25-18(23)16-14-10-20(21)17(26-8-9-28-20)15(14)11-22(16)19(24)27-12-13-6-4-3-5-7-13/h3-7,14-17H,2,8-12H2,1H3. The van der Waals surface area contributed by atoms with Gasteiger partial charge < -0.3 is 18.9 Å². The predicted octanol–water partition coefficient (Wildman–Crippen LogP) is 2.71. The number of carbonyl (C=O) groups is 2. The summed E-state index contributed by atoms with van der Waals surface area (Å²) in [6.45, 7) is 3.57. The summed E-state index contributed by atoms with van der Waals surface area (Å²) >= 11 is 3.68. The van der Waals surface area contributed by atoms with Crippen molar-refractivity contribution in [1.29, 1.82) is 0 Å². The fraction of sp³-hybridized carbons (Fsp3) is 0.600. The number of amides is 1. The van der Waals surface area contributed by atoms with E-state index in [1.54, 1.807) is 6.92 Å². The number of esters is 1. The number of ether oxygens (including phenoxy) is 4. The minimum atomic E-state index is -0.694. The molecule has 8 heteroatoms. The lowest BCUT2D eigenvalue weighted by molar-refractivity contribution is -0.154. The number of fused-ring (bicyclic) bond motifs is 3. The number of nitrogens with zero attached hydrogens (tertiary/aromatic N) is 1. The second-order valence-electron chi connectivity index (χ2n) is 7.35. The highest BCUT2D eigenvalue weighted by Gasteiger charge is 2.64. The Morgan fingerprint density at radius 1 is 1.21 bits per heavy atom. The van der Waals surface area contributed by atoms with E-state index in [1.165, 1.54) is 4.90 Å². The van der Waals surface area contributed by atoms with E-state index >= 15 is 0 Å². The van der Waals surface area contributed by atoms with E-state index in [2.05, 4.69) is 15.9 Å². The zero-order chi connectivity index (χ0) is 19.7. The molecule has 0 aromatic heterocycles. The molecule has 0 bridgehead atoms. The van der Waals surface area contributed by atoms with Crippen LogP contribution in [-0.4, -0.2) is 60.0 Å². The number of halogens is 1. The van der Waals surface area contributed by atoms with Gasteiger partial charge in [-0.25, -0.2) is 9.59 Å². The number of rotatable bonds is 4. The molecule has 4 rings (SSSR count). The molecule has 2 saturated heterocycles. The fourth-order valence-corrected chi connectivity index (χ4v) is 5.58. The van der Waals surface area contributed by atoms with Crippen LogP contribution in [0.4, 0.5) is 4.79 Å². The molecule has 0 N–H and O–H groups in total. The van der Waals surface area contributed by atoms with Crippen molar-refractivity contribution in [2.24, 2.45) is 11.8 Å². The molecule has 7 nitrogen and oxygen atoms in total. The van der Waals surface area contributed by atoms with Crippen LogP contribution in [0.3, 0.4) is 0 Å². The van der Waals surface area contributed by atoms with E-state index in [0.29, 0.717) is 26.2 Å². The van der Waals surface area contributed by atoms with Crippen LogP contribution in [-0.2, 0) is 30.3 Å². The van der Waals surface area contributed by atoms with Crippen molar-refractivity contribution in [1.82, 2.24) is 4.90 Å². The summed E-state index contributed by atoms with van der Waals surface area (Å²) in [7, 11) is 0.